The van der Waals surface area contributed by atoms with Crippen molar-refractivity contribution in [3.8, 4) is 0 Å². The molecule has 2 aromatic carbocycles. The summed E-state index contributed by atoms with van der Waals surface area (Å²) in [7, 11) is 2.16. The van der Waals surface area contributed by atoms with Crippen molar-refractivity contribution in [3.05, 3.63) is 97.0 Å². The third-order valence-corrected chi connectivity index (χ3v) is 8.75. The number of aromatic nitrogens is 3. The number of hydrogen-bond acceptors (Lipinski definition) is 7. The lowest BCUT2D eigenvalue weighted by molar-refractivity contribution is 0.305. The molecule has 4 aliphatic heterocycles. The number of pyridine rings is 1. The summed E-state index contributed by atoms with van der Waals surface area (Å²) in [6.45, 7) is 9.37. The summed E-state index contributed by atoms with van der Waals surface area (Å²) in [5.41, 5.74) is 7.15. The van der Waals surface area contributed by atoms with Crippen molar-refractivity contribution in [2.75, 3.05) is 26.6 Å². The van der Waals surface area contributed by atoms with E-state index in [1.165, 1.54) is 28.2 Å². The van der Waals surface area contributed by atoms with Gasteiger partial charge >= 0.3 is 0 Å². The first-order valence-electron chi connectivity index (χ1n) is 13.3. The molecule has 7 heteroatoms. The molecule has 8 rings (SSSR count). The second kappa shape index (κ2) is 7.57. The predicted molar refractivity (Wildman–Crippen MR) is 152 cm³/mol. The van der Waals surface area contributed by atoms with Gasteiger partial charge in [-0.2, -0.15) is 0 Å². The molecule has 0 aliphatic carbocycles. The number of benzene rings is 2. The summed E-state index contributed by atoms with van der Waals surface area (Å²) in [4.78, 5) is 24.4. The number of hydrogen-bond donors (Lipinski definition) is 0. The average molecular weight is 500 g/mol. The topological polar surface area (TPSA) is 51.6 Å². The average Bonchev–Trinajstić information content (AvgIpc) is 3.41. The van der Waals surface area contributed by atoms with E-state index in [1.807, 2.05) is 6.20 Å². The predicted octanol–water partition coefficient (Wildman–Crippen LogP) is 5.92. The highest BCUT2D eigenvalue weighted by Gasteiger charge is 2.59. The van der Waals surface area contributed by atoms with Crippen molar-refractivity contribution in [2.24, 2.45) is 5.92 Å². The molecule has 4 atom stereocenters. The zero-order chi connectivity index (χ0) is 25.7. The minimum Gasteiger partial charge on any atom is -0.345 e. The van der Waals surface area contributed by atoms with Crippen LogP contribution < -0.4 is 19.6 Å². The van der Waals surface area contributed by atoms with Crippen LogP contribution in [0.5, 0.6) is 0 Å². The number of para-hydroxylation sites is 2. The molecule has 0 amide bonds. The Kier molecular flexibility index (Phi) is 4.32. The Hall–Kier alpha value is -4.39. The number of nitrogens with zero attached hydrogens (tertiary/aromatic N) is 7. The Balaban J connectivity index is 1.47. The summed E-state index contributed by atoms with van der Waals surface area (Å²) in [6.07, 6.45) is 5.52. The SMILES string of the molecule is C=C1c2ccccc2N2c3ncccc3N(C(C)C)C2C2C1c1ccccc1N1c3nccnc3N(C)C21. The molecule has 0 saturated carbocycles. The van der Waals surface area contributed by atoms with Crippen LogP contribution in [-0.2, 0) is 0 Å². The van der Waals surface area contributed by atoms with Crippen molar-refractivity contribution in [3.63, 3.8) is 0 Å². The Morgan fingerprint density at radius 2 is 1.37 bits per heavy atom. The molecule has 0 bridgehead atoms. The van der Waals surface area contributed by atoms with E-state index >= 15 is 0 Å². The maximum atomic E-state index is 4.97. The van der Waals surface area contributed by atoms with Crippen molar-refractivity contribution < 1.29 is 0 Å². The van der Waals surface area contributed by atoms with Gasteiger partial charge in [-0.1, -0.05) is 43.0 Å². The molecule has 0 N–H and O–H groups in total. The van der Waals surface area contributed by atoms with Gasteiger partial charge in [-0.15, -0.1) is 0 Å². The van der Waals surface area contributed by atoms with Gasteiger partial charge in [0.25, 0.3) is 0 Å². The maximum Gasteiger partial charge on any atom is 0.178 e. The monoisotopic (exact) mass is 499 g/mol. The third kappa shape index (κ3) is 2.56. The van der Waals surface area contributed by atoms with Crippen molar-refractivity contribution in [1.29, 1.82) is 0 Å². The van der Waals surface area contributed by atoms with Gasteiger partial charge in [-0.3, -0.25) is 0 Å². The number of allylic oxidation sites excluding steroid dienone is 1. The van der Waals surface area contributed by atoms with Crippen molar-refractivity contribution >= 4 is 40.1 Å². The normalized spacial score (nSPS) is 24.3. The molecule has 0 spiro atoms. The minimum atomic E-state index is 0.00132. The van der Waals surface area contributed by atoms with Crippen LogP contribution in [0.1, 0.15) is 30.9 Å². The number of rotatable bonds is 1. The van der Waals surface area contributed by atoms with Crippen LogP contribution in [0.3, 0.4) is 0 Å². The van der Waals surface area contributed by atoms with Gasteiger partial charge < -0.3 is 19.6 Å². The lowest BCUT2D eigenvalue weighted by atomic mass is 9.72. The molecule has 4 unspecified atom stereocenters. The smallest absolute Gasteiger partial charge is 0.178 e. The van der Waals surface area contributed by atoms with Crippen LogP contribution >= 0.6 is 0 Å². The Morgan fingerprint density at radius 3 is 2.18 bits per heavy atom. The standard InChI is InChI=1S/C31H29N7/c1-18(2)36-24-14-9-15-32-27(24)37-22-12-7-5-10-20(22)19(3)25-21-11-6-8-13-23(21)38-29-28(33-16-17-34-29)35(4)30(38)26(25)31(36)37/h5-18,25-26,30-31H,3H2,1-2,4H3. The highest BCUT2D eigenvalue weighted by molar-refractivity contribution is 5.93. The van der Waals surface area contributed by atoms with Gasteiger partial charge in [0.15, 0.2) is 17.5 Å². The number of anilines is 6. The highest BCUT2D eigenvalue weighted by Crippen LogP contribution is 2.62. The van der Waals surface area contributed by atoms with Crippen LogP contribution in [0.15, 0.2) is 85.8 Å². The second-order valence-corrected chi connectivity index (χ2v) is 10.9. The van der Waals surface area contributed by atoms with E-state index < -0.39 is 0 Å². The fraction of sp³-hybridized carbons (Fsp3) is 0.258. The van der Waals surface area contributed by atoms with E-state index in [0.29, 0.717) is 0 Å². The molecular weight excluding hydrogens is 470 g/mol. The van der Waals surface area contributed by atoms with E-state index in [4.69, 9.17) is 21.5 Å². The summed E-state index contributed by atoms with van der Waals surface area (Å²) in [5, 5.41) is 0. The molecule has 0 saturated heterocycles. The summed E-state index contributed by atoms with van der Waals surface area (Å²) < 4.78 is 0. The Morgan fingerprint density at radius 1 is 0.711 bits per heavy atom. The Bertz CT molecular complexity index is 1610. The first-order chi connectivity index (χ1) is 18.6. The third-order valence-electron chi connectivity index (χ3n) is 8.75. The van der Waals surface area contributed by atoms with Gasteiger partial charge in [0, 0.05) is 54.8 Å². The van der Waals surface area contributed by atoms with Crippen LogP contribution in [-0.4, -0.2) is 40.4 Å². The molecule has 38 heavy (non-hydrogen) atoms. The Labute approximate surface area is 222 Å². The van der Waals surface area contributed by atoms with Crippen LogP contribution in [0.4, 0.5) is 34.5 Å². The number of fused-ring (bicyclic) bond motifs is 14. The van der Waals surface area contributed by atoms with Crippen molar-refractivity contribution in [1.82, 2.24) is 15.0 Å². The van der Waals surface area contributed by atoms with E-state index in [-0.39, 0.29) is 30.2 Å². The lowest BCUT2D eigenvalue weighted by Gasteiger charge is -2.51. The molecule has 4 aromatic rings. The lowest BCUT2D eigenvalue weighted by Crippen LogP contribution is -2.61. The van der Waals surface area contributed by atoms with Gasteiger partial charge in [-0.25, -0.2) is 15.0 Å². The molecule has 0 fully saturated rings. The first kappa shape index (κ1) is 21.7. The fourth-order valence-electron chi connectivity index (χ4n) is 7.44. The van der Waals surface area contributed by atoms with Crippen LogP contribution in [0.25, 0.3) is 5.57 Å². The zero-order valence-electron chi connectivity index (χ0n) is 21.7. The molecule has 6 heterocycles. The molecule has 4 aliphatic rings. The van der Waals surface area contributed by atoms with Gasteiger partial charge in [-0.05, 0) is 49.2 Å². The van der Waals surface area contributed by atoms with Gasteiger partial charge in [0.2, 0.25) is 0 Å². The van der Waals surface area contributed by atoms with Crippen molar-refractivity contribution in [2.45, 2.75) is 38.1 Å². The zero-order valence-corrected chi connectivity index (χ0v) is 21.7. The molecule has 2 aromatic heterocycles. The van der Waals surface area contributed by atoms with E-state index in [9.17, 15) is 0 Å². The summed E-state index contributed by atoms with van der Waals surface area (Å²) >= 11 is 0. The van der Waals surface area contributed by atoms with Crippen LogP contribution in [0, 0.1) is 5.92 Å². The largest absolute Gasteiger partial charge is 0.345 e. The summed E-state index contributed by atoms with van der Waals surface area (Å²) in [5.74, 6) is 3.04. The van der Waals surface area contributed by atoms with E-state index in [1.54, 1.807) is 12.4 Å². The van der Waals surface area contributed by atoms with Gasteiger partial charge in [0.1, 0.15) is 12.3 Å². The van der Waals surface area contributed by atoms with E-state index in [2.05, 4.69) is 101 Å². The van der Waals surface area contributed by atoms with Gasteiger partial charge in [0.05, 0.1) is 11.4 Å². The molecular formula is C31H29N7. The van der Waals surface area contributed by atoms with Crippen LogP contribution in [0.2, 0.25) is 0 Å². The highest BCUT2D eigenvalue weighted by atomic mass is 15.5. The van der Waals surface area contributed by atoms with E-state index in [0.717, 1.165) is 23.0 Å². The first-order valence-corrected chi connectivity index (χ1v) is 13.3. The second-order valence-electron chi connectivity index (χ2n) is 10.9. The minimum absolute atomic E-state index is 0.00132. The quantitative estimate of drug-likeness (QED) is 0.322. The molecule has 7 nitrogen and oxygen atoms in total. The molecule has 188 valence electrons. The fourth-order valence-corrected chi connectivity index (χ4v) is 7.44. The maximum absolute atomic E-state index is 4.97. The summed E-state index contributed by atoms with van der Waals surface area (Å²) in [6, 6.07) is 22.0. The molecule has 0 radical (unpaired) electrons.